The van der Waals surface area contributed by atoms with E-state index in [-0.39, 0.29) is 18.0 Å². The summed E-state index contributed by atoms with van der Waals surface area (Å²) >= 11 is 0. The van der Waals surface area contributed by atoms with E-state index in [1.165, 1.54) is 0 Å². The highest BCUT2D eigenvalue weighted by Crippen LogP contribution is 2.50. The minimum atomic E-state index is -0.716. The first-order chi connectivity index (χ1) is 17.3. The van der Waals surface area contributed by atoms with Crippen LogP contribution in [0.5, 0.6) is 5.88 Å². The average molecular weight is 486 g/mol. The fourth-order valence-electron chi connectivity index (χ4n) is 4.88. The molecule has 184 valence electrons. The Kier molecular flexibility index (Phi) is 5.05. The molecule has 0 bridgehead atoms. The van der Waals surface area contributed by atoms with E-state index in [9.17, 15) is 10.3 Å². The van der Waals surface area contributed by atoms with E-state index < -0.39 is 11.1 Å². The maximum atomic E-state index is 12.3. The molecule has 10 heteroatoms. The Hall–Kier alpha value is -3.91. The summed E-state index contributed by atoms with van der Waals surface area (Å²) in [6, 6.07) is 5.40. The van der Waals surface area contributed by atoms with Gasteiger partial charge in [0.05, 0.1) is 22.2 Å². The maximum absolute atomic E-state index is 12.3. The Morgan fingerprint density at radius 1 is 1.17 bits per heavy atom. The van der Waals surface area contributed by atoms with Crippen LogP contribution >= 0.6 is 0 Å². The second-order valence-electron chi connectivity index (χ2n) is 10.7. The molecule has 0 spiro atoms. The van der Waals surface area contributed by atoms with Crippen LogP contribution in [-0.4, -0.2) is 32.6 Å². The number of anilines is 2. The van der Waals surface area contributed by atoms with Gasteiger partial charge >= 0.3 is 5.97 Å². The number of hydrogen-bond acceptors (Lipinski definition) is 8. The Bertz CT molecular complexity index is 1440. The summed E-state index contributed by atoms with van der Waals surface area (Å²) in [5, 5.41) is 9.17. The number of carbonyl (C=O) groups excluding carboxylic acids is 1. The highest BCUT2D eigenvalue weighted by Gasteiger charge is 2.44. The van der Waals surface area contributed by atoms with Gasteiger partial charge in [-0.25, -0.2) is 19.7 Å². The van der Waals surface area contributed by atoms with E-state index in [2.05, 4.69) is 30.3 Å². The number of carbonyl (C=O) groups is 1. The number of cyclic esters (lactones) is 1. The quantitative estimate of drug-likeness (QED) is 0.195. The molecule has 10 nitrogen and oxygen atoms in total. The van der Waals surface area contributed by atoms with Crippen molar-refractivity contribution in [3.8, 4) is 5.88 Å². The normalized spacial score (nSPS) is 20.0. The van der Waals surface area contributed by atoms with Crippen LogP contribution in [0.3, 0.4) is 0 Å². The van der Waals surface area contributed by atoms with Crippen LogP contribution in [-0.2, 0) is 16.7 Å². The van der Waals surface area contributed by atoms with Gasteiger partial charge in [-0.1, -0.05) is 5.11 Å². The van der Waals surface area contributed by atoms with Crippen molar-refractivity contribution in [2.24, 2.45) is 11.0 Å². The Morgan fingerprint density at radius 3 is 2.69 bits per heavy atom. The van der Waals surface area contributed by atoms with E-state index in [4.69, 9.17) is 9.47 Å². The summed E-state index contributed by atoms with van der Waals surface area (Å²) in [6.07, 6.45) is 8.28. The number of rotatable bonds is 7. The summed E-state index contributed by atoms with van der Waals surface area (Å²) in [5.74, 6) is 1.61. The summed E-state index contributed by atoms with van der Waals surface area (Å²) < 4.78 is 11.5. The van der Waals surface area contributed by atoms with Crippen molar-refractivity contribution in [1.29, 1.82) is 0 Å². The molecule has 2 saturated carbocycles. The molecule has 2 aliphatic carbocycles. The van der Waals surface area contributed by atoms with Gasteiger partial charge in [0.1, 0.15) is 23.3 Å². The molecule has 2 fully saturated rings. The van der Waals surface area contributed by atoms with Gasteiger partial charge in [-0.3, -0.25) is 0 Å². The second kappa shape index (κ2) is 8.06. The molecule has 1 aliphatic heterocycles. The smallest absolute Gasteiger partial charge is 0.340 e. The summed E-state index contributed by atoms with van der Waals surface area (Å²) in [4.78, 5) is 29.4. The van der Waals surface area contributed by atoms with Gasteiger partial charge in [-0.05, 0) is 87.1 Å². The molecule has 0 amide bonds. The van der Waals surface area contributed by atoms with Crippen molar-refractivity contribution in [2.45, 2.75) is 70.1 Å². The highest BCUT2D eigenvalue weighted by molar-refractivity contribution is 5.93. The molecule has 6 rings (SSSR count). The SMILES string of the molecule is CC1(C)Cc2nc(Nc3cc4c(C(C)(N=[N+]=[N-])C5CC5)cnc(OC5CC5)c4cn3)ccc2C(=O)O1. The number of aromatic nitrogens is 3. The Morgan fingerprint density at radius 2 is 1.97 bits per heavy atom. The number of ether oxygens (including phenoxy) is 2. The second-order valence-corrected chi connectivity index (χ2v) is 10.7. The van der Waals surface area contributed by atoms with Crippen molar-refractivity contribution < 1.29 is 14.3 Å². The number of nitrogens with zero attached hydrogens (tertiary/aromatic N) is 6. The van der Waals surface area contributed by atoms with Gasteiger partial charge in [0.15, 0.2) is 0 Å². The first-order valence-electron chi connectivity index (χ1n) is 12.3. The van der Waals surface area contributed by atoms with Crippen LogP contribution in [0.15, 0.2) is 35.7 Å². The molecular formula is C26H27N7O3. The maximum Gasteiger partial charge on any atom is 0.340 e. The van der Waals surface area contributed by atoms with Gasteiger partial charge in [0.2, 0.25) is 5.88 Å². The minimum absolute atomic E-state index is 0.187. The Balaban J connectivity index is 1.41. The zero-order valence-corrected chi connectivity index (χ0v) is 20.5. The number of azide groups is 1. The monoisotopic (exact) mass is 485 g/mol. The molecule has 1 unspecified atom stereocenters. The van der Waals surface area contributed by atoms with Crippen LogP contribution in [0.25, 0.3) is 21.2 Å². The average Bonchev–Trinajstić information content (AvgIpc) is 3.73. The lowest BCUT2D eigenvalue weighted by atomic mass is 9.86. The van der Waals surface area contributed by atoms with Gasteiger partial charge in [-0.2, -0.15) is 0 Å². The first-order valence-corrected chi connectivity index (χ1v) is 12.3. The predicted molar refractivity (Wildman–Crippen MR) is 133 cm³/mol. The third-order valence-corrected chi connectivity index (χ3v) is 7.12. The van der Waals surface area contributed by atoms with E-state index >= 15 is 0 Å². The minimum Gasteiger partial charge on any atom is -0.474 e. The zero-order chi connectivity index (χ0) is 25.1. The number of esters is 1. The fraction of sp³-hybridized carbons (Fsp3) is 0.462. The first kappa shape index (κ1) is 22.5. The number of fused-ring (bicyclic) bond motifs is 2. The van der Waals surface area contributed by atoms with Gasteiger partial charge in [0, 0.05) is 23.7 Å². The topological polar surface area (TPSA) is 135 Å². The van der Waals surface area contributed by atoms with Crippen LogP contribution in [0.2, 0.25) is 0 Å². The molecule has 3 aromatic rings. The molecule has 1 atom stereocenters. The van der Waals surface area contributed by atoms with Gasteiger partial charge < -0.3 is 14.8 Å². The fourth-order valence-corrected chi connectivity index (χ4v) is 4.88. The lowest BCUT2D eigenvalue weighted by molar-refractivity contribution is -0.00714. The third-order valence-electron chi connectivity index (χ3n) is 7.12. The standard InChI is InChI=1S/C26H27N7O3/c1-25(2)11-20-16(24(34)36-25)8-9-21(30-20)31-22-10-17-18(12-28-22)23(35-15-6-7-15)29-13-19(17)26(3,32-33-27)14-4-5-14/h8-10,12-15H,4-7,11H2,1-3H3,(H,28,30,31). The van der Waals surface area contributed by atoms with Crippen molar-refractivity contribution in [3.05, 3.63) is 57.9 Å². The van der Waals surface area contributed by atoms with Crippen molar-refractivity contribution in [3.63, 3.8) is 0 Å². The highest BCUT2D eigenvalue weighted by atomic mass is 16.6. The van der Waals surface area contributed by atoms with Gasteiger partial charge in [0.25, 0.3) is 0 Å². The summed E-state index contributed by atoms with van der Waals surface area (Å²) in [7, 11) is 0. The molecular weight excluding hydrogens is 458 g/mol. The summed E-state index contributed by atoms with van der Waals surface area (Å²) in [5.41, 5.74) is 10.1. The van der Waals surface area contributed by atoms with E-state index in [1.54, 1.807) is 24.5 Å². The van der Waals surface area contributed by atoms with E-state index in [0.29, 0.717) is 35.2 Å². The largest absolute Gasteiger partial charge is 0.474 e. The van der Waals surface area contributed by atoms with Crippen LogP contribution in [0.4, 0.5) is 11.6 Å². The molecule has 0 aromatic carbocycles. The number of pyridine rings is 3. The lowest BCUT2D eigenvalue weighted by Gasteiger charge is -2.30. The third kappa shape index (κ3) is 4.07. The molecule has 0 saturated heterocycles. The van der Waals surface area contributed by atoms with Crippen molar-refractivity contribution in [2.75, 3.05) is 5.32 Å². The molecule has 1 N–H and O–H groups in total. The summed E-state index contributed by atoms with van der Waals surface area (Å²) in [6.45, 7) is 5.72. The number of hydrogen-bond donors (Lipinski definition) is 1. The predicted octanol–water partition coefficient (Wildman–Crippen LogP) is 5.74. The van der Waals surface area contributed by atoms with E-state index in [0.717, 1.165) is 42.0 Å². The number of nitrogens with one attached hydrogen (secondary N) is 1. The van der Waals surface area contributed by atoms with Crippen LogP contribution < -0.4 is 10.1 Å². The molecule has 36 heavy (non-hydrogen) atoms. The molecule has 4 heterocycles. The molecule has 0 radical (unpaired) electrons. The van der Waals surface area contributed by atoms with E-state index in [1.807, 2.05) is 26.8 Å². The van der Waals surface area contributed by atoms with Gasteiger partial charge in [-0.15, -0.1) is 0 Å². The lowest BCUT2D eigenvalue weighted by Crippen LogP contribution is -2.36. The zero-order valence-electron chi connectivity index (χ0n) is 20.5. The Labute approximate surface area is 208 Å². The van der Waals surface area contributed by atoms with Crippen LogP contribution in [0.1, 0.15) is 68.1 Å². The molecule has 3 aliphatic rings. The van der Waals surface area contributed by atoms with Crippen molar-refractivity contribution >= 4 is 28.4 Å². The molecule has 3 aromatic heterocycles. The van der Waals surface area contributed by atoms with Crippen molar-refractivity contribution in [1.82, 2.24) is 15.0 Å². The van der Waals surface area contributed by atoms with Crippen LogP contribution in [0, 0.1) is 5.92 Å².